The van der Waals surface area contributed by atoms with E-state index in [9.17, 15) is 9.59 Å². The van der Waals surface area contributed by atoms with E-state index in [1.165, 1.54) is 23.7 Å². The Morgan fingerprint density at radius 2 is 1.92 bits per heavy atom. The van der Waals surface area contributed by atoms with Gasteiger partial charge in [-0.05, 0) is 20.8 Å². The molecule has 1 atom stereocenters. The zero-order chi connectivity index (χ0) is 18.7. The fraction of sp³-hybridized carbons (Fsp3) is 0.471. The molecule has 0 aromatic carbocycles. The third kappa shape index (κ3) is 4.05. The first-order chi connectivity index (χ1) is 12.5. The molecule has 9 heteroatoms. The van der Waals surface area contributed by atoms with Crippen LogP contribution >= 0.6 is 11.3 Å². The summed E-state index contributed by atoms with van der Waals surface area (Å²) in [6.07, 6.45) is 4.53. The smallest absolute Gasteiger partial charge is 0.274 e. The van der Waals surface area contributed by atoms with Gasteiger partial charge in [0.15, 0.2) is 5.13 Å². The van der Waals surface area contributed by atoms with Crippen LogP contribution in [0.2, 0.25) is 0 Å². The Labute approximate surface area is 156 Å². The van der Waals surface area contributed by atoms with Gasteiger partial charge in [0.1, 0.15) is 5.69 Å². The van der Waals surface area contributed by atoms with E-state index in [1.807, 2.05) is 20.8 Å². The lowest BCUT2D eigenvalue weighted by atomic mass is 10.2. The van der Waals surface area contributed by atoms with Crippen molar-refractivity contribution in [1.29, 1.82) is 0 Å². The van der Waals surface area contributed by atoms with E-state index in [2.05, 4.69) is 25.2 Å². The average molecular weight is 374 g/mol. The number of anilines is 1. The lowest BCUT2D eigenvalue weighted by molar-refractivity contribution is -0.121. The average Bonchev–Trinajstić information content (AvgIpc) is 2.98. The fourth-order valence-electron chi connectivity index (χ4n) is 2.79. The summed E-state index contributed by atoms with van der Waals surface area (Å²) in [6.45, 7) is 8.18. The number of hydrogen-bond donors (Lipinski definition) is 1. The monoisotopic (exact) mass is 374 g/mol. The minimum Gasteiger partial charge on any atom is -0.335 e. The Balaban J connectivity index is 1.53. The highest BCUT2D eigenvalue weighted by molar-refractivity contribution is 7.15. The van der Waals surface area contributed by atoms with Crippen molar-refractivity contribution in [3.63, 3.8) is 0 Å². The topological polar surface area (TPSA) is 91.3 Å². The van der Waals surface area contributed by atoms with Gasteiger partial charge in [0, 0.05) is 43.4 Å². The normalized spacial score (nSPS) is 16.3. The Hall–Kier alpha value is -2.39. The standard InChI is InChI=1S/C17H22N6O2S/c1-11-13(3)26-17(20-11)21-15(24)12(2)22-6-8-23(9-7-22)16(25)14-10-18-4-5-19-14/h4-5,10,12H,6-9H2,1-3H3,(H,20,21,24). The molecule has 0 saturated carbocycles. The number of carbonyl (C=O) groups is 2. The predicted molar refractivity (Wildman–Crippen MR) is 99.2 cm³/mol. The highest BCUT2D eigenvalue weighted by Gasteiger charge is 2.28. The molecule has 1 aliphatic rings. The molecule has 1 saturated heterocycles. The number of amides is 2. The number of nitrogens with zero attached hydrogens (tertiary/aromatic N) is 5. The Morgan fingerprint density at radius 1 is 1.19 bits per heavy atom. The van der Waals surface area contributed by atoms with Crippen molar-refractivity contribution >= 4 is 28.3 Å². The minimum atomic E-state index is -0.284. The van der Waals surface area contributed by atoms with Gasteiger partial charge in [-0.3, -0.25) is 19.5 Å². The van der Waals surface area contributed by atoms with E-state index < -0.39 is 0 Å². The molecule has 138 valence electrons. The van der Waals surface area contributed by atoms with Gasteiger partial charge in [0.2, 0.25) is 5.91 Å². The molecule has 0 aliphatic carbocycles. The molecule has 3 rings (SSSR count). The van der Waals surface area contributed by atoms with Gasteiger partial charge in [0.05, 0.1) is 17.9 Å². The molecule has 1 fully saturated rings. The Kier molecular flexibility index (Phi) is 5.58. The summed E-state index contributed by atoms with van der Waals surface area (Å²) < 4.78 is 0. The molecule has 2 amide bonds. The summed E-state index contributed by atoms with van der Waals surface area (Å²) in [6, 6.07) is -0.284. The number of carbonyl (C=O) groups excluding carboxylic acids is 2. The van der Waals surface area contributed by atoms with Crippen molar-refractivity contribution in [2.75, 3.05) is 31.5 Å². The van der Waals surface area contributed by atoms with Crippen LogP contribution in [0.25, 0.3) is 0 Å². The van der Waals surface area contributed by atoms with Gasteiger partial charge >= 0.3 is 0 Å². The van der Waals surface area contributed by atoms with Crippen LogP contribution in [-0.4, -0.2) is 68.8 Å². The van der Waals surface area contributed by atoms with Crippen molar-refractivity contribution < 1.29 is 9.59 Å². The number of rotatable bonds is 4. The van der Waals surface area contributed by atoms with Crippen LogP contribution in [0.15, 0.2) is 18.6 Å². The van der Waals surface area contributed by atoms with Gasteiger partial charge in [0.25, 0.3) is 5.91 Å². The second-order valence-corrected chi connectivity index (χ2v) is 7.45. The quantitative estimate of drug-likeness (QED) is 0.868. The van der Waals surface area contributed by atoms with Gasteiger partial charge in [-0.2, -0.15) is 0 Å². The molecule has 0 bridgehead atoms. The maximum Gasteiger partial charge on any atom is 0.274 e. The summed E-state index contributed by atoms with van der Waals surface area (Å²) in [5.41, 5.74) is 1.29. The first kappa shape index (κ1) is 18.4. The number of piperazine rings is 1. The van der Waals surface area contributed by atoms with Gasteiger partial charge in [-0.15, -0.1) is 11.3 Å². The van der Waals surface area contributed by atoms with E-state index in [0.29, 0.717) is 37.0 Å². The molecule has 2 aromatic rings. The summed E-state index contributed by atoms with van der Waals surface area (Å²) in [5, 5.41) is 3.52. The number of nitrogens with one attached hydrogen (secondary N) is 1. The van der Waals surface area contributed by atoms with Gasteiger partial charge < -0.3 is 10.2 Å². The second kappa shape index (κ2) is 7.88. The minimum absolute atomic E-state index is 0.0764. The molecule has 0 spiro atoms. The number of aromatic nitrogens is 3. The zero-order valence-electron chi connectivity index (χ0n) is 15.1. The summed E-state index contributed by atoms with van der Waals surface area (Å²) >= 11 is 1.48. The van der Waals surface area contributed by atoms with E-state index in [1.54, 1.807) is 11.1 Å². The van der Waals surface area contributed by atoms with Crippen molar-refractivity contribution in [2.45, 2.75) is 26.8 Å². The van der Waals surface area contributed by atoms with Crippen molar-refractivity contribution in [3.8, 4) is 0 Å². The van der Waals surface area contributed by atoms with Crippen LogP contribution in [0, 0.1) is 13.8 Å². The van der Waals surface area contributed by atoms with E-state index in [0.717, 1.165) is 10.6 Å². The predicted octanol–water partition coefficient (Wildman–Crippen LogP) is 1.33. The summed E-state index contributed by atoms with van der Waals surface area (Å²) in [7, 11) is 0. The maximum atomic E-state index is 12.5. The third-order valence-corrected chi connectivity index (χ3v) is 5.56. The van der Waals surface area contributed by atoms with Gasteiger partial charge in [-0.1, -0.05) is 0 Å². The second-order valence-electron chi connectivity index (χ2n) is 6.24. The zero-order valence-corrected chi connectivity index (χ0v) is 15.9. The van der Waals surface area contributed by atoms with Crippen molar-refractivity contribution in [2.24, 2.45) is 0 Å². The van der Waals surface area contributed by atoms with Crippen molar-refractivity contribution in [3.05, 3.63) is 34.9 Å². The molecule has 8 nitrogen and oxygen atoms in total. The molecule has 2 aromatic heterocycles. The summed E-state index contributed by atoms with van der Waals surface area (Å²) in [5.74, 6) is -0.198. The van der Waals surface area contributed by atoms with Gasteiger partial charge in [-0.25, -0.2) is 9.97 Å². The molecule has 1 N–H and O–H groups in total. The van der Waals surface area contributed by atoms with Crippen molar-refractivity contribution in [1.82, 2.24) is 24.8 Å². The van der Waals surface area contributed by atoms with Crippen LogP contribution in [0.4, 0.5) is 5.13 Å². The Morgan fingerprint density at radius 3 is 2.50 bits per heavy atom. The molecule has 26 heavy (non-hydrogen) atoms. The number of aryl methyl sites for hydroxylation is 2. The largest absolute Gasteiger partial charge is 0.335 e. The molecular weight excluding hydrogens is 352 g/mol. The first-order valence-electron chi connectivity index (χ1n) is 8.50. The SMILES string of the molecule is Cc1nc(NC(=O)C(C)N2CCN(C(=O)c3cnccn3)CC2)sc1C. The van der Waals surface area contributed by atoms with Crippen LogP contribution in [0.5, 0.6) is 0 Å². The molecule has 3 heterocycles. The van der Waals surface area contributed by atoms with Crippen LogP contribution < -0.4 is 5.32 Å². The number of hydrogen-bond acceptors (Lipinski definition) is 7. The molecule has 1 unspecified atom stereocenters. The number of thiazole rings is 1. The first-order valence-corrected chi connectivity index (χ1v) is 9.31. The summed E-state index contributed by atoms with van der Waals surface area (Å²) in [4.78, 5) is 42.2. The van der Waals surface area contributed by atoms with E-state index >= 15 is 0 Å². The highest BCUT2D eigenvalue weighted by atomic mass is 32.1. The van der Waals surface area contributed by atoms with Crippen LogP contribution in [0.1, 0.15) is 28.0 Å². The van der Waals surface area contributed by atoms with Crippen LogP contribution in [-0.2, 0) is 4.79 Å². The molecule has 0 radical (unpaired) electrons. The fourth-order valence-corrected chi connectivity index (χ4v) is 3.60. The van der Waals surface area contributed by atoms with E-state index in [-0.39, 0.29) is 17.9 Å². The third-order valence-electron chi connectivity index (χ3n) is 4.57. The Bertz CT molecular complexity index is 766. The lowest BCUT2D eigenvalue weighted by Crippen LogP contribution is -2.54. The molecular formula is C17H22N6O2S. The van der Waals surface area contributed by atoms with Crippen LogP contribution in [0.3, 0.4) is 0 Å². The molecule has 1 aliphatic heterocycles. The lowest BCUT2D eigenvalue weighted by Gasteiger charge is -2.37. The van der Waals surface area contributed by atoms with E-state index in [4.69, 9.17) is 0 Å². The highest BCUT2D eigenvalue weighted by Crippen LogP contribution is 2.21. The maximum absolute atomic E-state index is 12.5.